The summed E-state index contributed by atoms with van der Waals surface area (Å²) in [7, 11) is 1.64. The normalized spacial score (nSPS) is 17.5. The standard InChI is InChI=1S/C22H27N3O/c1-16(20-8-3-4-9-21(20)22(26)24-2)17-10-12-19(13-11-17)25-14-6-5-7-18(23)15-25/h3-4,8-13,18H,1,5-7,14-15,23H2,2H3,(H,24,26). The van der Waals surface area contributed by atoms with Gasteiger partial charge in [0.25, 0.3) is 5.91 Å². The van der Waals surface area contributed by atoms with Crippen molar-refractivity contribution in [2.24, 2.45) is 5.73 Å². The number of benzene rings is 2. The summed E-state index contributed by atoms with van der Waals surface area (Å²) >= 11 is 0. The molecule has 1 heterocycles. The molecule has 4 nitrogen and oxygen atoms in total. The van der Waals surface area contributed by atoms with E-state index in [0.29, 0.717) is 5.56 Å². The second-order valence-electron chi connectivity index (χ2n) is 6.85. The van der Waals surface area contributed by atoms with Gasteiger partial charge in [0.2, 0.25) is 0 Å². The Morgan fingerprint density at radius 3 is 2.50 bits per heavy atom. The van der Waals surface area contributed by atoms with Crippen molar-refractivity contribution in [2.75, 3.05) is 25.0 Å². The zero-order valence-electron chi connectivity index (χ0n) is 15.4. The quantitative estimate of drug-likeness (QED) is 0.889. The first-order valence-electron chi connectivity index (χ1n) is 9.21. The van der Waals surface area contributed by atoms with E-state index in [4.69, 9.17) is 5.73 Å². The summed E-state index contributed by atoms with van der Waals surface area (Å²) in [4.78, 5) is 14.5. The second-order valence-corrected chi connectivity index (χ2v) is 6.85. The Balaban J connectivity index is 1.83. The summed E-state index contributed by atoms with van der Waals surface area (Å²) in [6.45, 7) is 6.18. The van der Waals surface area contributed by atoms with Gasteiger partial charge in [-0.05, 0) is 47.7 Å². The monoisotopic (exact) mass is 349 g/mol. The number of hydrogen-bond donors (Lipinski definition) is 2. The van der Waals surface area contributed by atoms with Gasteiger partial charge < -0.3 is 16.0 Å². The summed E-state index contributed by atoms with van der Waals surface area (Å²) in [6.07, 6.45) is 3.48. The van der Waals surface area contributed by atoms with Crippen molar-refractivity contribution in [3.05, 3.63) is 71.8 Å². The van der Waals surface area contributed by atoms with Gasteiger partial charge in [0, 0.05) is 37.4 Å². The molecule has 4 heteroatoms. The largest absolute Gasteiger partial charge is 0.370 e. The molecule has 0 aromatic heterocycles. The van der Waals surface area contributed by atoms with Gasteiger partial charge in [-0.1, -0.05) is 43.3 Å². The Hall–Kier alpha value is -2.59. The zero-order chi connectivity index (χ0) is 18.5. The molecule has 136 valence electrons. The first-order chi connectivity index (χ1) is 12.6. The molecule has 0 bridgehead atoms. The molecule has 1 aliphatic rings. The van der Waals surface area contributed by atoms with Crippen molar-refractivity contribution in [1.82, 2.24) is 5.32 Å². The van der Waals surface area contributed by atoms with Crippen LogP contribution in [-0.2, 0) is 0 Å². The van der Waals surface area contributed by atoms with Crippen molar-refractivity contribution in [3.8, 4) is 0 Å². The zero-order valence-corrected chi connectivity index (χ0v) is 15.4. The van der Waals surface area contributed by atoms with E-state index in [-0.39, 0.29) is 11.9 Å². The number of carbonyl (C=O) groups excluding carboxylic acids is 1. The molecule has 3 rings (SSSR count). The predicted octanol–water partition coefficient (Wildman–Crippen LogP) is 3.43. The third-order valence-corrected chi connectivity index (χ3v) is 5.01. The SMILES string of the molecule is C=C(c1ccc(N2CCCCC(N)C2)cc1)c1ccccc1C(=O)NC. The lowest BCUT2D eigenvalue weighted by molar-refractivity contribution is 0.0963. The van der Waals surface area contributed by atoms with Crippen LogP contribution in [0.1, 0.15) is 40.7 Å². The lowest BCUT2D eigenvalue weighted by atomic mass is 9.94. The van der Waals surface area contributed by atoms with Crippen molar-refractivity contribution >= 4 is 17.2 Å². The Labute approximate surface area is 155 Å². The summed E-state index contributed by atoms with van der Waals surface area (Å²) in [5.41, 5.74) is 10.7. The van der Waals surface area contributed by atoms with E-state index in [1.807, 2.05) is 24.3 Å². The smallest absolute Gasteiger partial charge is 0.251 e. The van der Waals surface area contributed by atoms with Crippen molar-refractivity contribution < 1.29 is 4.79 Å². The number of nitrogens with zero attached hydrogens (tertiary/aromatic N) is 1. The van der Waals surface area contributed by atoms with Gasteiger partial charge in [0.1, 0.15) is 0 Å². The van der Waals surface area contributed by atoms with E-state index in [2.05, 4.69) is 41.1 Å². The molecule has 1 atom stereocenters. The Morgan fingerprint density at radius 1 is 1.12 bits per heavy atom. The molecule has 1 saturated heterocycles. The number of amides is 1. The fourth-order valence-electron chi connectivity index (χ4n) is 3.52. The first kappa shape index (κ1) is 18.2. The maximum atomic E-state index is 12.1. The number of carbonyl (C=O) groups is 1. The van der Waals surface area contributed by atoms with Crippen LogP contribution in [0.15, 0.2) is 55.1 Å². The lowest BCUT2D eigenvalue weighted by Crippen LogP contribution is -2.35. The molecular formula is C22H27N3O. The fraction of sp³-hybridized carbons (Fsp3) is 0.318. The molecule has 1 unspecified atom stereocenters. The minimum absolute atomic E-state index is 0.100. The van der Waals surface area contributed by atoms with Crippen LogP contribution in [0.3, 0.4) is 0 Å². The van der Waals surface area contributed by atoms with Crippen LogP contribution in [0, 0.1) is 0 Å². The number of nitrogens with two attached hydrogens (primary N) is 1. The van der Waals surface area contributed by atoms with E-state index in [1.165, 1.54) is 18.5 Å². The average molecular weight is 349 g/mol. The van der Waals surface area contributed by atoms with Gasteiger partial charge in [-0.15, -0.1) is 0 Å². The second kappa shape index (κ2) is 8.19. The molecule has 2 aromatic rings. The summed E-state index contributed by atoms with van der Waals surface area (Å²) in [6, 6.07) is 16.2. The molecule has 26 heavy (non-hydrogen) atoms. The van der Waals surface area contributed by atoms with Crippen LogP contribution >= 0.6 is 0 Å². The number of hydrogen-bond acceptors (Lipinski definition) is 3. The molecule has 1 fully saturated rings. The van der Waals surface area contributed by atoms with Gasteiger partial charge in [-0.2, -0.15) is 0 Å². The van der Waals surface area contributed by atoms with Crippen molar-refractivity contribution in [3.63, 3.8) is 0 Å². The Morgan fingerprint density at radius 2 is 1.81 bits per heavy atom. The minimum Gasteiger partial charge on any atom is -0.370 e. The van der Waals surface area contributed by atoms with Crippen molar-refractivity contribution in [2.45, 2.75) is 25.3 Å². The molecular weight excluding hydrogens is 322 g/mol. The highest BCUT2D eigenvalue weighted by Gasteiger charge is 2.16. The van der Waals surface area contributed by atoms with Crippen LogP contribution in [0.25, 0.3) is 5.57 Å². The van der Waals surface area contributed by atoms with Gasteiger partial charge in [-0.3, -0.25) is 4.79 Å². The van der Waals surface area contributed by atoms with Gasteiger partial charge in [0.05, 0.1) is 0 Å². The van der Waals surface area contributed by atoms with Gasteiger partial charge in [-0.25, -0.2) is 0 Å². The molecule has 0 aliphatic carbocycles. The molecule has 0 saturated carbocycles. The third-order valence-electron chi connectivity index (χ3n) is 5.01. The Kier molecular flexibility index (Phi) is 5.74. The fourth-order valence-corrected chi connectivity index (χ4v) is 3.52. The molecule has 1 amide bonds. The van der Waals surface area contributed by atoms with Crippen LogP contribution in [0.5, 0.6) is 0 Å². The van der Waals surface area contributed by atoms with Crippen LogP contribution in [0.4, 0.5) is 5.69 Å². The number of rotatable bonds is 4. The highest BCUT2D eigenvalue weighted by atomic mass is 16.1. The average Bonchev–Trinajstić information content (AvgIpc) is 2.91. The molecule has 2 aromatic carbocycles. The van der Waals surface area contributed by atoms with E-state index in [1.54, 1.807) is 7.05 Å². The maximum absolute atomic E-state index is 12.1. The van der Waals surface area contributed by atoms with Crippen molar-refractivity contribution in [1.29, 1.82) is 0 Å². The molecule has 1 aliphatic heterocycles. The highest BCUT2D eigenvalue weighted by Crippen LogP contribution is 2.27. The van der Waals surface area contributed by atoms with E-state index in [9.17, 15) is 4.79 Å². The summed E-state index contributed by atoms with van der Waals surface area (Å²) in [5, 5.41) is 2.69. The molecule has 0 spiro atoms. The number of nitrogens with one attached hydrogen (secondary N) is 1. The predicted molar refractivity (Wildman–Crippen MR) is 108 cm³/mol. The van der Waals surface area contributed by atoms with Crippen LogP contribution < -0.4 is 16.0 Å². The summed E-state index contributed by atoms with van der Waals surface area (Å²) < 4.78 is 0. The van der Waals surface area contributed by atoms with Crippen LogP contribution in [0.2, 0.25) is 0 Å². The topological polar surface area (TPSA) is 58.4 Å². The minimum atomic E-state index is -0.100. The lowest BCUT2D eigenvalue weighted by Gasteiger charge is -2.25. The van der Waals surface area contributed by atoms with E-state index >= 15 is 0 Å². The molecule has 0 radical (unpaired) electrons. The highest BCUT2D eigenvalue weighted by molar-refractivity contribution is 6.00. The van der Waals surface area contributed by atoms with E-state index in [0.717, 1.165) is 36.2 Å². The third kappa shape index (κ3) is 3.97. The molecule has 3 N–H and O–H groups in total. The van der Waals surface area contributed by atoms with Crippen LogP contribution in [-0.4, -0.2) is 32.1 Å². The maximum Gasteiger partial charge on any atom is 0.251 e. The van der Waals surface area contributed by atoms with Gasteiger partial charge >= 0.3 is 0 Å². The number of anilines is 1. The summed E-state index contributed by atoms with van der Waals surface area (Å²) in [5.74, 6) is -0.100. The Bertz CT molecular complexity index is 782. The first-order valence-corrected chi connectivity index (χ1v) is 9.21. The van der Waals surface area contributed by atoms with E-state index < -0.39 is 0 Å². The van der Waals surface area contributed by atoms with Gasteiger partial charge in [0.15, 0.2) is 0 Å².